The Bertz CT molecular complexity index is 1040. The first-order chi connectivity index (χ1) is 14.7. The number of nitrogens with two attached hydrogens (primary N) is 1. The Kier molecular flexibility index (Phi) is 6.10. The molecule has 3 aromatic carbocycles. The van der Waals surface area contributed by atoms with Crippen LogP contribution >= 0.6 is 0 Å². The SMILES string of the molecule is NCCCCCCNc1ccc2c3c(cccc13)C(=O)N(Cc1ccccc1)C2=O. The summed E-state index contributed by atoms with van der Waals surface area (Å²) in [5, 5.41) is 5.16. The fourth-order valence-corrected chi connectivity index (χ4v) is 4.06. The van der Waals surface area contributed by atoms with Crippen molar-refractivity contribution in [3.8, 4) is 0 Å². The number of hydrogen-bond acceptors (Lipinski definition) is 4. The summed E-state index contributed by atoms with van der Waals surface area (Å²) in [6.07, 6.45) is 4.40. The first-order valence-corrected chi connectivity index (χ1v) is 10.6. The van der Waals surface area contributed by atoms with Crippen molar-refractivity contribution in [3.05, 3.63) is 77.4 Å². The molecule has 1 heterocycles. The Labute approximate surface area is 176 Å². The molecule has 3 aromatic rings. The molecule has 4 rings (SSSR count). The fraction of sp³-hybridized carbons (Fsp3) is 0.280. The van der Waals surface area contributed by atoms with Gasteiger partial charge in [-0.2, -0.15) is 0 Å². The largest absolute Gasteiger partial charge is 0.385 e. The van der Waals surface area contributed by atoms with E-state index in [1.54, 1.807) is 0 Å². The minimum Gasteiger partial charge on any atom is -0.385 e. The highest BCUT2D eigenvalue weighted by molar-refractivity contribution is 6.26. The van der Waals surface area contributed by atoms with Gasteiger partial charge in [0.25, 0.3) is 11.8 Å². The van der Waals surface area contributed by atoms with Crippen LogP contribution in [0.5, 0.6) is 0 Å². The second-order valence-corrected chi connectivity index (χ2v) is 7.70. The van der Waals surface area contributed by atoms with Crippen LogP contribution in [0.3, 0.4) is 0 Å². The van der Waals surface area contributed by atoms with Crippen molar-refractivity contribution in [1.29, 1.82) is 0 Å². The highest BCUT2D eigenvalue weighted by Crippen LogP contribution is 2.35. The molecule has 0 bridgehead atoms. The summed E-state index contributed by atoms with van der Waals surface area (Å²) >= 11 is 0. The lowest BCUT2D eigenvalue weighted by atomic mass is 9.92. The predicted octanol–water partition coefficient (Wildman–Crippen LogP) is 4.57. The zero-order chi connectivity index (χ0) is 20.9. The van der Waals surface area contributed by atoms with Crippen molar-refractivity contribution in [2.24, 2.45) is 5.73 Å². The topological polar surface area (TPSA) is 75.4 Å². The van der Waals surface area contributed by atoms with Crippen LogP contribution < -0.4 is 11.1 Å². The van der Waals surface area contributed by atoms with Crippen molar-refractivity contribution in [1.82, 2.24) is 4.90 Å². The fourth-order valence-electron chi connectivity index (χ4n) is 4.06. The number of imide groups is 1. The van der Waals surface area contributed by atoms with Crippen LogP contribution in [-0.4, -0.2) is 29.8 Å². The van der Waals surface area contributed by atoms with E-state index in [1.807, 2.05) is 60.7 Å². The van der Waals surface area contributed by atoms with Crippen LogP contribution in [0, 0.1) is 0 Å². The molecule has 0 radical (unpaired) electrons. The third-order valence-electron chi connectivity index (χ3n) is 5.62. The lowest BCUT2D eigenvalue weighted by molar-refractivity contribution is 0.0598. The quantitative estimate of drug-likeness (QED) is 0.407. The van der Waals surface area contributed by atoms with E-state index >= 15 is 0 Å². The van der Waals surface area contributed by atoms with E-state index in [2.05, 4.69) is 5.32 Å². The van der Waals surface area contributed by atoms with Gasteiger partial charge in [-0.15, -0.1) is 0 Å². The summed E-state index contributed by atoms with van der Waals surface area (Å²) < 4.78 is 0. The number of amides is 2. The first-order valence-electron chi connectivity index (χ1n) is 10.6. The number of nitrogens with zero attached hydrogens (tertiary/aromatic N) is 1. The minimum absolute atomic E-state index is 0.235. The third-order valence-corrected chi connectivity index (χ3v) is 5.62. The molecule has 2 amide bonds. The number of anilines is 1. The number of hydrogen-bond donors (Lipinski definition) is 2. The number of nitrogens with one attached hydrogen (secondary N) is 1. The van der Waals surface area contributed by atoms with E-state index in [0.717, 1.165) is 60.8 Å². The maximum Gasteiger partial charge on any atom is 0.261 e. The number of rotatable bonds is 9. The molecule has 1 aliphatic rings. The molecule has 1 aliphatic heterocycles. The Morgan fingerprint density at radius 2 is 1.50 bits per heavy atom. The smallest absolute Gasteiger partial charge is 0.261 e. The molecule has 0 spiro atoms. The first kappa shape index (κ1) is 20.1. The van der Waals surface area contributed by atoms with Gasteiger partial charge in [0.2, 0.25) is 0 Å². The van der Waals surface area contributed by atoms with Gasteiger partial charge in [-0.3, -0.25) is 14.5 Å². The van der Waals surface area contributed by atoms with Gasteiger partial charge in [0, 0.05) is 34.1 Å². The van der Waals surface area contributed by atoms with Gasteiger partial charge >= 0.3 is 0 Å². The molecular formula is C25H27N3O2. The van der Waals surface area contributed by atoms with E-state index in [-0.39, 0.29) is 18.4 Å². The van der Waals surface area contributed by atoms with Crippen LogP contribution in [0.4, 0.5) is 5.69 Å². The lowest BCUT2D eigenvalue weighted by Crippen LogP contribution is -2.39. The van der Waals surface area contributed by atoms with Crippen LogP contribution in [0.1, 0.15) is 52.0 Å². The van der Waals surface area contributed by atoms with Gasteiger partial charge in [-0.05, 0) is 43.1 Å². The highest BCUT2D eigenvalue weighted by atomic mass is 16.2. The second-order valence-electron chi connectivity index (χ2n) is 7.70. The highest BCUT2D eigenvalue weighted by Gasteiger charge is 2.33. The van der Waals surface area contributed by atoms with Crippen molar-refractivity contribution in [2.45, 2.75) is 32.2 Å². The maximum absolute atomic E-state index is 13.2. The van der Waals surface area contributed by atoms with Gasteiger partial charge in [0.05, 0.1) is 6.54 Å². The summed E-state index contributed by atoms with van der Waals surface area (Å²) in [4.78, 5) is 27.7. The van der Waals surface area contributed by atoms with Gasteiger partial charge in [0.1, 0.15) is 0 Å². The minimum atomic E-state index is -0.235. The third kappa shape index (κ3) is 3.94. The van der Waals surface area contributed by atoms with Gasteiger partial charge < -0.3 is 11.1 Å². The van der Waals surface area contributed by atoms with E-state index in [1.165, 1.54) is 4.90 Å². The summed E-state index contributed by atoms with van der Waals surface area (Å²) in [5.74, 6) is -0.471. The van der Waals surface area contributed by atoms with E-state index in [0.29, 0.717) is 11.1 Å². The van der Waals surface area contributed by atoms with Gasteiger partial charge in [0.15, 0.2) is 0 Å². The van der Waals surface area contributed by atoms with Crippen LogP contribution in [0.25, 0.3) is 10.8 Å². The Balaban J connectivity index is 1.59. The molecule has 3 N–H and O–H groups in total. The molecule has 0 fully saturated rings. The van der Waals surface area contributed by atoms with Crippen molar-refractivity contribution in [2.75, 3.05) is 18.4 Å². The van der Waals surface area contributed by atoms with Crippen molar-refractivity contribution in [3.63, 3.8) is 0 Å². The summed E-state index contributed by atoms with van der Waals surface area (Å²) in [6.45, 7) is 1.87. The normalized spacial score (nSPS) is 13.2. The molecule has 5 heteroatoms. The number of benzene rings is 3. The second kappa shape index (κ2) is 9.09. The van der Waals surface area contributed by atoms with Crippen LogP contribution in [0.15, 0.2) is 60.7 Å². The number of unbranched alkanes of at least 4 members (excludes halogenated alkanes) is 3. The summed E-state index contributed by atoms with van der Waals surface area (Å²) in [6, 6.07) is 19.1. The van der Waals surface area contributed by atoms with Gasteiger partial charge in [-0.25, -0.2) is 0 Å². The molecule has 5 nitrogen and oxygen atoms in total. The summed E-state index contributed by atoms with van der Waals surface area (Å²) in [7, 11) is 0. The molecule has 0 saturated carbocycles. The molecule has 0 aliphatic carbocycles. The Hall–Kier alpha value is -3.18. The average molecular weight is 402 g/mol. The zero-order valence-electron chi connectivity index (χ0n) is 17.1. The zero-order valence-corrected chi connectivity index (χ0v) is 17.1. The molecule has 0 unspecified atom stereocenters. The maximum atomic E-state index is 13.2. The van der Waals surface area contributed by atoms with Gasteiger partial charge in [-0.1, -0.05) is 55.3 Å². The Morgan fingerprint density at radius 1 is 0.767 bits per heavy atom. The average Bonchev–Trinajstić information content (AvgIpc) is 2.78. The van der Waals surface area contributed by atoms with E-state index < -0.39 is 0 Å². The van der Waals surface area contributed by atoms with E-state index in [9.17, 15) is 9.59 Å². The predicted molar refractivity (Wildman–Crippen MR) is 121 cm³/mol. The van der Waals surface area contributed by atoms with Crippen LogP contribution in [-0.2, 0) is 6.54 Å². The standard InChI is InChI=1S/C25H27N3O2/c26-15-6-1-2-7-16-27-22-14-13-21-23-19(22)11-8-12-20(23)24(29)28(25(21)30)17-18-9-4-3-5-10-18/h3-5,8-14,27H,1-2,6-7,15-17,26H2. The van der Waals surface area contributed by atoms with Crippen molar-refractivity contribution < 1.29 is 9.59 Å². The van der Waals surface area contributed by atoms with Crippen molar-refractivity contribution >= 4 is 28.3 Å². The molecule has 154 valence electrons. The monoisotopic (exact) mass is 401 g/mol. The molecular weight excluding hydrogens is 374 g/mol. The molecule has 0 saturated heterocycles. The molecule has 30 heavy (non-hydrogen) atoms. The summed E-state index contributed by atoms with van der Waals surface area (Å²) in [5.41, 5.74) is 8.62. The van der Waals surface area contributed by atoms with Crippen LogP contribution in [0.2, 0.25) is 0 Å². The molecule has 0 atom stereocenters. The van der Waals surface area contributed by atoms with E-state index in [4.69, 9.17) is 5.73 Å². The lowest BCUT2D eigenvalue weighted by Gasteiger charge is -2.28. The molecule has 0 aromatic heterocycles. The number of carbonyl (C=O) groups is 2. The Morgan fingerprint density at radius 3 is 2.27 bits per heavy atom. The number of carbonyl (C=O) groups excluding carboxylic acids is 2.